The van der Waals surface area contributed by atoms with Crippen molar-refractivity contribution < 1.29 is 5.11 Å². The van der Waals surface area contributed by atoms with Crippen molar-refractivity contribution >= 4 is 11.6 Å². The average Bonchev–Trinajstić information content (AvgIpc) is 2.74. The molecular formula is C9H10ClNO. The number of halogens is 1. The van der Waals surface area contributed by atoms with Crippen LogP contribution in [0.15, 0.2) is 18.5 Å². The Bertz CT molecular complexity index is 296. The third-order valence-corrected chi connectivity index (χ3v) is 2.54. The lowest BCUT2D eigenvalue weighted by Crippen LogP contribution is -2.10. The highest BCUT2D eigenvalue weighted by Crippen LogP contribution is 2.39. The summed E-state index contributed by atoms with van der Waals surface area (Å²) in [4.78, 5) is 3.88. The van der Waals surface area contributed by atoms with Crippen molar-refractivity contribution in [1.82, 2.24) is 4.98 Å². The van der Waals surface area contributed by atoms with Crippen molar-refractivity contribution in [2.75, 3.05) is 0 Å². The van der Waals surface area contributed by atoms with E-state index in [0.717, 1.165) is 18.4 Å². The molecule has 1 saturated carbocycles. The lowest BCUT2D eigenvalue weighted by Gasteiger charge is -2.07. The molecule has 1 aromatic heterocycles. The Balaban J connectivity index is 2.17. The quantitative estimate of drug-likeness (QED) is 0.759. The minimum atomic E-state index is -0.467. The number of pyridine rings is 1. The van der Waals surface area contributed by atoms with E-state index in [2.05, 4.69) is 4.98 Å². The van der Waals surface area contributed by atoms with Gasteiger partial charge in [-0.2, -0.15) is 0 Å². The Kier molecular flexibility index (Phi) is 1.81. The molecule has 0 saturated heterocycles. The largest absolute Gasteiger partial charge is 0.390 e. The Morgan fingerprint density at radius 1 is 1.58 bits per heavy atom. The van der Waals surface area contributed by atoms with E-state index in [-0.39, 0.29) is 0 Å². The summed E-state index contributed by atoms with van der Waals surface area (Å²) in [6, 6.07) is 1.86. The fraction of sp³-hybridized carbons (Fsp3) is 0.444. The van der Waals surface area contributed by atoms with Gasteiger partial charge in [-0.3, -0.25) is 4.98 Å². The molecule has 2 rings (SSSR count). The van der Waals surface area contributed by atoms with E-state index in [0.29, 0.717) is 11.4 Å². The second-order valence-electron chi connectivity index (χ2n) is 3.37. The second kappa shape index (κ2) is 2.71. The van der Waals surface area contributed by atoms with Gasteiger partial charge in [-0.25, -0.2) is 0 Å². The Hall–Kier alpha value is -0.600. The van der Waals surface area contributed by atoms with Crippen molar-refractivity contribution in [1.29, 1.82) is 0 Å². The first-order valence-corrected chi connectivity index (χ1v) is 4.38. The number of hydrogen-bond donors (Lipinski definition) is 1. The van der Waals surface area contributed by atoms with Crippen molar-refractivity contribution in [2.24, 2.45) is 0 Å². The van der Waals surface area contributed by atoms with Crippen LogP contribution in [-0.2, 0) is 6.42 Å². The number of rotatable bonds is 2. The third kappa shape index (κ3) is 1.59. The van der Waals surface area contributed by atoms with Gasteiger partial charge in [0.2, 0.25) is 0 Å². The predicted octanol–water partition coefficient (Wildman–Crippen LogP) is 1.80. The smallest absolute Gasteiger partial charge is 0.0690 e. The zero-order chi connectivity index (χ0) is 8.60. The van der Waals surface area contributed by atoms with Gasteiger partial charge in [0.1, 0.15) is 0 Å². The summed E-state index contributed by atoms with van der Waals surface area (Å²) in [6.07, 6.45) is 5.77. The monoisotopic (exact) mass is 183 g/mol. The van der Waals surface area contributed by atoms with Gasteiger partial charge in [0, 0.05) is 18.8 Å². The van der Waals surface area contributed by atoms with Crippen LogP contribution in [0.4, 0.5) is 0 Å². The molecule has 12 heavy (non-hydrogen) atoms. The highest BCUT2D eigenvalue weighted by molar-refractivity contribution is 6.31. The summed E-state index contributed by atoms with van der Waals surface area (Å²) in [5, 5.41) is 10.3. The maximum absolute atomic E-state index is 9.63. The van der Waals surface area contributed by atoms with Crippen LogP contribution in [-0.4, -0.2) is 15.7 Å². The van der Waals surface area contributed by atoms with Crippen LogP contribution in [0.3, 0.4) is 0 Å². The van der Waals surface area contributed by atoms with Crippen molar-refractivity contribution in [2.45, 2.75) is 24.9 Å². The summed E-state index contributed by atoms with van der Waals surface area (Å²) in [6.45, 7) is 0. The molecular weight excluding hydrogens is 174 g/mol. The first-order chi connectivity index (χ1) is 5.70. The van der Waals surface area contributed by atoms with Crippen LogP contribution in [0.25, 0.3) is 0 Å². The van der Waals surface area contributed by atoms with Crippen LogP contribution in [0.5, 0.6) is 0 Å². The number of nitrogens with zero attached hydrogens (tertiary/aromatic N) is 1. The van der Waals surface area contributed by atoms with Crippen molar-refractivity contribution in [3.05, 3.63) is 29.0 Å². The van der Waals surface area contributed by atoms with Gasteiger partial charge in [-0.05, 0) is 24.5 Å². The Morgan fingerprint density at radius 2 is 2.33 bits per heavy atom. The maximum atomic E-state index is 9.63. The lowest BCUT2D eigenvalue weighted by molar-refractivity contribution is 0.151. The highest BCUT2D eigenvalue weighted by Gasteiger charge is 2.40. The zero-order valence-corrected chi connectivity index (χ0v) is 7.38. The summed E-state index contributed by atoms with van der Waals surface area (Å²) < 4.78 is 0. The molecule has 1 N–H and O–H groups in total. The number of aliphatic hydroxyl groups is 1. The summed E-state index contributed by atoms with van der Waals surface area (Å²) in [7, 11) is 0. The number of aromatic nitrogens is 1. The highest BCUT2D eigenvalue weighted by atomic mass is 35.5. The molecule has 3 heteroatoms. The summed E-state index contributed by atoms with van der Waals surface area (Å²) in [5.41, 5.74) is 0.525. The average molecular weight is 184 g/mol. The molecule has 64 valence electrons. The van der Waals surface area contributed by atoms with Crippen LogP contribution >= 0.6 is 11.6 Å². The molecule has 2 nitrogen and oxygen atoms in total. The normalized spacial score (nSPS) is 19.2. The van der Waals surface area contributed by atoms with E-state index in [1.54, 1.807) is 12.4 Å². The molecule has 0 amide bonds. The number of hydrogen-bond acceptors (Lipinski definition) is 2. The molecule has 0 atom stereocenters. The van der Waals surface area contributed by atoms with Gasteiger partial charge in [-0.15, -0.1) is 0 Å². The maximum Gasteiger partial charge on any atom is 0.0690 e. The van der Waals surface area contributed by atoms with Gasteiger partial charge in [-0.1, -0.05) is 11.6 Å². The molecule has 0 unspecified atom stereocenters. The first-order valence-electron chi connectivity index (χ1n) is 4.00. The summed E-state index contributed by atoms with van der Waals surface area (Å²) in [5.74, 6) is 0. The van der Waals surface area contributed by atoms with Gasteiger partial charge in [0.05, 0.1) is 10.6 Å². The Morgan fingerprint density at radius 3 is 2.92 bits per heavy atom. The fourth-order valence-electron chi connectivity index (χ4n) is 1.22. The third-order valence-electron chi connectivity index (χ3n) is 2.20. The van der Waals surface area contributed by atoms with Gasteiger partial charge >= 0.3 is 0 Å². The van der Waals surface area contributed by atoms with E-state index in [4.69, 9.17) is 11.6 Å². The topological polar surface area (TPSA) is 33.1 Å². The molecule has 1 aliphatic rings. The standard InChI is InChI=1S/C9H10ClNO/c10-8-6-11-4-1-7(8)5-9(12)2-3-9/h1,4,6,12H,2-3,5H2. The summed E-state index contributed by atoms with van der Waals surface area (Å²) >= 11 is 5.88. The van der Waals surface area contributed by atoms with Crippen LogP contribution < -0.4 is 0 Å². The van der Waals surface area contributed by atoms with E-state index >= 15 is 0 Å². The molecule has 0 spiro atoms. The zero-order valence-electron chi connectivity index (χ0n) is 6.63. The molecule has 1 aromatic rings. The van der Waals surface area contributed by atoms with E-state index in [1.165, 1.54) is 0 Å². The van der Waals surface area contributed by atoms with Crippen LogP contribution in [0.1, 0.15) is 18.4 Å². The van der Waals surface area contributed by atoms with Gasteiger partial charge in [0.25, 0.3) is 0 Å². The predicted molar refractivity (Wildman–Crippen MR) is 47.1 cm³/mol. The second-order valence-corrected chi connectivity index (χ2v) is 3.78. The Labute approximate surface area is 76.2 Å². The minimum Gasteiger partial charge on any atom is -0.390 e. The fourth-order valence-corrected chi connectivity index (χ4v) is 1.41. The lowest BCUT2D eigenvalue weighted by atomic mass is 10.1. The molecule has 0 bridgehead atoms. The van der Waals surface area contributed by atoms with Gasteiger partial charge in [0.15, 0.2) is 0 Å². The first kappa shape index (κ1) is 8.02. The van der Waals surface area contributed by atoms with E-state index < -0.39 is 5.60 Å². The minimum absolute atomic E-state index is 0.467. The van der Waals surface area contributed by atoms with Crippen LogP contribution in [0, 0.1) is 0 Å². The molecule has 0 aromatic carbocycles. The molecule has 1 heterocycles. The van der Waals surface area contributed by atoms with Crippen molar-refractivity contribution in [3.8, 4) is 0 Å². The SMILES string of the molecule is OC1(Cc2ccncc2Cl)CC1. The van der Waals surface area contributed by atoms with Gasteiger partial charge < -0.3 is 5.11 Å². The van der Waals surface area contributed by atoms with Crippen molar-refractivity contribution in [3.63, 3.8) is 0 Å². The molecule has 1 fully saturated rings. The van der Waals surface area contributed by atoms with E-state index in [9.17, 15) is 5.11 Å². The van der Waals surface area contributed by atoms with Crippen LogP contribution in [0.2, 0.25) is 5.02 Å². The molecule has 1 aliphatic carbocycles. The molecule has 0 aliphatic heterocycles. The van der Waals surface area contributed by atoms with E-state index in [1.807, 2.05) is 6.07 Å². The molecule has 0 radical (unpaired) electrons.